The van der Waals surface area contributed by atoms with Crippen LogP contribution in [0.5, 0.6) is 5.75 Å². The van der Waals surface area contributed by atoms with Crippen molar-refractivity contribution in [3.8, 4) is 16.9 Å². The molecule has 0 bridgehead atoms. The lowest BCUT2D eigenvalue weighted by Gasteiger charge is -2.26. The second-order valence-electron chi connectivity index (χ2n) is 9.94. The molecule has 0 radical (unpaired) electrons. The first-order chi connectivity index (χ1) is 17.8. The van der Waals surface area contributed by atoms with Gasteiger partial charge in [-0.2, -0.15) is 22.0 Å². The number of alkyl halides is 5. The van der Waals surface area contributed by atoms with Crippen LogP contribution in [0.3, 0.4) is 0 Å². The van der Waals surface area contributed by atoms with Gasteiger partial charge in [-0.25, -0.2) is 13.2 Å². The maximum absolute atomic E-state index is 14.8. The third-order valence-electron chi connectivity index (χ3n) is 7.10. The van der Waals surface area contributed by atoms with E-state index in [1.54, 1.807) is 0 Å². The number of hydrogen-bond donors (Lipinski definition) is 0. The minimum absolute atomic E-state index is 0.270. The summed E-state index contributed by atoms with van der Waals surface area (Å²) in [7, 11) is 0. The van der Waals surface area contributed by atoms with Gasteiger partial charge in [-0.05, 0) is 72.2 Å². The first-order valence-corrected chi connectivity index (χ1v) is 12.4. The number of halogens is 8. The smallest absolute Gasteiger partial charge is 0.426 e. The average molecular weight is 543 g/mol. The Morgan fingerprint density at radius 3 is 2.08 bits per heavy atom. The maximum atomic E-state index is 14.8. The topological polar surface area (TPSA) is 9.23 Å². The zero-order valence-electron chi connectivity index (χ0n) is 20.5. The molecule has 0 heterocycles. The van der Waals surface area contributed by atoms with Gasteiger partial charge < -0.3 is 4.74 Å². The fourth-order valence-electron chi connectivity index (χ4n) is 4.81. The molecule has 1 saturated carbocycles. The molecule has 1 fully saturated rings. The summed E-state index contributed by atoms with van der Waals surface area (Å²) in [6.45, 7) is 2.23. The van der Waals surface area contributed by atoms with Crippen LogP contribution in [0.2, 0.25) is 0 Å². The zero-order valence-corrected chi connectivity index (χ0v) is 20.5. The van der Waals surface area contributed by atoms with Gasteiger partial charge in [-0.15, -0.1) is 0 Å². The van der Waals surface area contributed by atoms with E-state index in [-0.39, 0.29) is 11.1 Å². The summed E-state index contributed by atoms with van der Waals surface area (Å²) in [5, 5.41) is 0. The molecular formula is C29H26F8O. The van der Waals surface area contributed by atoms with Crippen molar-refractivity contribution in [1.29, 1.82) is 0 Å². The number of hydrogen-bond acceptors (Lipinski definition) is 1. The third-order valence-corrected chi connectivity index (χ3v) is 7.10. The quantitative estimate of drug-likeness (QED) is 0.270. The highest BCUT2D eigenvalue weighted by atomic mass is 19.4. The molecule has 4 rings (SSSR count). The van der Waals surface area contributed by atoms with Crippen LogP contribution >= 0.6 is 0 Å². The summed E-state index contributed by atoms with van der Waals surface area (Å²) in [6.07, 6.45) is -2.97. The minimum atomic E-state index is -4.94. The molecule has 1 aliphatic carbocycles. The van der Waals surface area contributed by atoms with Crippen LogP contribution in [-0.2, 0) is 18.7 Å². The van der Waals surface area contributed by atoms with E-state index in [0.717, 1.165) is 55.5 Å². The highest BCUT2D eigenvalue weighted by Crippen LogP contribution is 2.38. The lowest BCUT2D eigenvalue weighted by Crippen LogP contribution is -2.22. The Balaban J connectivity index is 1.45. The largest absolute Gasteiger partial charge is 0.426 e. The molecule has 0 aromatic heterocycles. The predicted octanol–water partition coefficient (Wildman–Crippen LogP) is 9.68. The first kappa shape index (κ1) is 27.9. The van der Waals surface area contributed by atoms with Crippen molar-refractivity contribution in [1.82, 2.24) is 0 Å². The number of ether oxygens (including phenoxy) is 1. The van der Waals surface area contributed by atoms with Crippen molar-refractivity contribution in [2.75, 3.05) is 0 Å². The lowest BCUT2D eigenvalue weighted by atomic mass is 9.80. The third kappa shape index (κ3) is 6.48. The Hall–Kier alpha value is -3.10. The Morgan fingerprint density at radius 1 is 0.763 bits per heavy atom. The Morgan fingerprint density at radius 2 is 1.47 bits per heavy atom. The molecule has 1 nitrogen and oxygen atoms in total. The van der Waals surface area contributed by atoms with Crippen molar-refractivity contribution in [2.24, 2.45) is 11.8 Å². The van der Waals surface area contributed by atoms with Gasteiger partial charge in [0.15, 0.2) is 11.6 Å². The van der Waals surface area contributed by atoms with Gasteiger partial charge in [0.05, 0.1) is 11.1 Å². The normalized spacial score (nSPS) is 18.4. The molecule has 1 aliphatic rings. The van der Waals surface area contributed by atoms with Gasteiger partial charge in [0.2, 0.25) is 0 Å². The SMILES string of the molecule is CC1CCC(CCc2ccc(OC(F)(F)c3ccc(-c4ccc(C(F)(F)F)c(F)c4)c(F)c3)c(F)c2)CC1. The van der Waals surface area contributed by atoms with Crippen LogP contribution < -0.4 is 4.74 Å². The van der Waals surface area contributed by atoms with Crippen LogP contribution in [-0.4, -0.2) is 0 Å². The fraction of sp³-hybridized carbons (Fsp3) is 0.379. The number of aryl methyl sites for hydroxylation is 1. The summed E-state index contributed by atoms with van der Waals surface area (Å²) < 4.78 is 116. The zero-order chi connectivity index (χ0) is 27.7. The van der Waals surface area contributed by atoms with Crippen LogP contribution in [0.1, 0.15) is 55.7 Å². The molecule has 3 aromatic carbocycles. The van der Waals surface area contributed by atoms with E-state index in [1.165, 1.54) is 18.9 Å². The second-order valence-corrected chi connectivity index (χ2v) is 9.94. The van der Waals surface area contributed by atoms with E-state index in [0.29, 0.717) is 36.1 Å². The Bertz CT molecular complexity index is 1280. The molecule has 0 unspecified atom stereocenters. The van der Waals surface area contributed by atoms with E-state index < -0.39 is 46.6 Å². The van der Waals surface area contributed by atoms with E-state index in [1.807, 2.05) is 0 Å². The van der Waals surface area contributed by atoms with Gasteiger partial charge in [0.1, 0.15) is 11.6 Å². The van der Waals surface area contributed by atoms with Crippen molar-refractivity contribution in [2.45, 2.75) is 57.7 Å². The summed E-state index contributed by atoms with van der Waals surface area (Å²) >= 11 is 0. The molecule has 3 aromatic rings. The van der Waals surface area contributed by atoms with Gasteiger partial charge in [0.25, 0.3) is 0 Å². The van der Waals surface area contributed by atoms with Crippen LogP contribution in [0, 0.1) is 29.3 Å². The molecule has 0 aliphatic heterocycles. The minimum Gasteiger partial charge on any atom is -0.426 e. The van der Waals surface area contributed by atoms with Crippen molar-refractivity contribution in [3.63, 3.8) is 0 Å². The standard InChI is InChI=1S/C29H26F8O/c1-17-2-4-18(5-3-17)6-7-19-8-13-27(26(32)14-19)38-29(36,37)21-10-11-22(24(30)16-21)20-9-12-23(25(31)15-20)28(33,34)35/h8-18H,2-7H2,1H3. The summed E-state index contributed by atoms with van der Waals surface area (Å²) in [5.74, 6) is -3.26. The summed E-state index contributed by atoms with van der Waals surface area (Å²) in [6, 6.07) is 7.60. The molecule has 0 saturated heterocycles. The van der Waals surface area contributed by atoms with Gasteiger partial charge in [-0.3, -0.25) is 0 Å². The highest BCUT2D eigenvalue weighted by Gasteiger charge is 2.37. The molecule has 204 valence electrons. The number of benzene rings is 3. The van der Waals surface area contributed by atoms with E-state index >= 15 is 0 Å². The predicted molar refractivity (Wildman–Crippen MR) is 127 cm³/mol. The van der Waals surface area contributed by atoms with E-state index in [9.17, 15) is 35.1 Å². The molecule has 9 heteroatoms. The average Bonchev–Trinajstić information content (AvgIpc) is 2.84. The Kier molecular flexibility index (Phi) is 8.04. The number of rotatable bonds is 7. The second kappa shape index (κ2) is 10.9. The van der Waals surface area contributed by atoms with Crippen molar-refractivity contribution < 1.29 is 39.9 Å². The van der Waals surface area contributed by atoms with Crippen molar-refractivity contribution >= 4 is 0 Å². The molecule has 0 amide bonds. The van der Waals surface area contributed by atoms with Gasteiger partial charge in [-0.1, -0.05) is 50.8 Å². The molecule has 0 atom stereocenters. The molecular weight excluding hydrogens is 516 g/mol. The highest BCUT2D eigenvalue weighted by molar-refractivity contribution is 5.65. The van der Waals surface area contributed by atoms with E-state index in [2.05, 4.69) is 11.7 Å². The Labute approximate surface area is 215 Å². The lowest BCUT2D eigenvalue weighted by molar-refractivity contribution is -0.187. The monoisotopic (exact) mass is 542 g/mol. The van der Waals surface area contributed by atoms with Crippen LogP contribution in [0.4, 0.5) is 35.1 Å². The first-order valence-electron chi connectivity index (χ1n) is 12.4. The van der Waals surface area contributed by atoms with Gasteiger partial charge >= 0.3 is 12.3 Å². The summed E-state index contributed by atoms with van der Waals surface area (Å²) in [5.41, 5.74) is -2.47. The van der Waals surface area contributed by atoms with Crippen LogP contribution in [0.25, 0.3) is 11.1 Å². The molecule has 0 spiro atoms. The van der Waals surface area contributed by atoms with E-state index in [4.69, 9.17) is 0 Å². The maximum Gasteiger partial charge on any atom is 0.426 e. The van der Waals surface area contributed by atoms with Gasteiger partial charge in [0, 0.05) is 5.56 Å². The molecule has 0 N–H and O–H groups in total. The summed E-state index contributed by atoms with van der Waals surface area (Å²) in [4.78, 5) is 0. The van der Waals surface area contributed by atoms with Crippen molar-refractivity contribution in [3.05, 3.63) is 88.7 Å². The fourth-order valence-corrected chi connectivity index (χ4v) is 4.81. The molecule has 38 heavy (non-hydrogen) atoms. The van der Waals surface area contributed by atoms with Crippen LogP contribution in [0.15, 0.2) is 54.6 Å².